The van der Waals surface area contributed by atoms with Gasteiger partial charge in [0, 0.05) is 16.5 Å². The average Bonchev–Trinajstić information content (AvgIpc) is 2.99. The maximum atomic E-state index is 14.2. The summed E-state index contributed by atoms with van der Waals surface area (Å²) in [4.78, 5) is 17.8. The van der Waals surface area contributed by atoms with Crippen LogP contribution in [-0.2, 0) is 0 Å². The van der Waals surface area contributed by atoms with Gasteiger partial charge in [-0.05, 0) is 24.3 Å². The first kappa shape index (κ1) is 16.0. The quantitative estimate of drug-likeness (QED) is 0.410. The van der Waals surface area contributed by atoms with E-state index < -0.39 is 17.2 Å². The van der Waals surface area contributed by atoms with Crippen molar-refractivity contribution in [2.45, 2.75) is 5.16 Å². The Labute approximate surface area is 150 Å². The predicted octanol–water partition coefficient (Wildman–Crippen LogP) is 4.68. The van der Waals surface area contributed by atoms with Crippen molar-refractivity contribution in [3.05, 3.63) is 75.9 Å². The molecule has 0 radical (unpaired) electrons. The van der Waals surface area contributed by atoms with Crippen molar-refractivity contribution in [3.8, 4) is 16.8 Å². The Bertz CT molecular complexity index is 1170. The van der Waals surface area contributed by atoms with E-state index in [2.05, 4.69) is 17.6 Å². The topological polar surface area (TPSA) is 34.9 Å². The van der Waals surface area contributed by atoms with Crippen LogP contribution in [0.1, 0.15) is 0 Å². The van der Waals surface area contributed by atoms with Gasteiger partial charge in [0.2, 0.25) is 0 Å². The molecule has 0 fully saturated rings. The zero-order chi connectivity index (χ0) is 17.6. The van der Waals surface area contributed by atoms with E-state index in [1.165, 1.54) is 40.2 Å². The number of rotatable bonds is 2. The molecule has 2 aromatic carbocycles. The molecule has 0 unspecified atom stereocenters. The number of benzene rings is 2. The van der Waals surface area contributed by atoms with Crippen molar-refractivity contribution < 1.29 is 8.78 Å². The van der Waals surface area contributed by atoms with Crippen LogP contribution in [-0.4, -0.2) is 9.55 Å². The second-order valence-electron chi connectivity index (χ2n) is 5.34. The third-order valence-electron chi connectivity index (χ3n) is 3.82. The molecule has 0 N–H and O–H groups in total. The van der Waals surface area contributed by atoms with E-state index in [9.17, 15) is 13.6 Å². The minimum absolute atomic E-state index is 0.144. The summed E-state index contributed by atoms with van der Waals surface area (Å²) in [6.07, 6.45) is 0. The highest BCUT2D eigenvalue weighted by atomic mass is 32.1. The molecule has 0 bridgehead atoms. The molecule has 0 aliphatic rings. The van der Waals surface area contributed by atoms with Gasteiger partial charge in [-0.15, -0.1) is 24.0 Å². The third kappa shape index (κ3) is 2.65. The predicted molar refractivity (Wildman–Crippen MR) is 97.8 cm³/mol. The van der Waals surface area contributed by atoms with Crippen LogP contribution < -0.4 is 5.56 Å². The zero-order valence-corrected chi connectivity index (χ0v) is 14.3. The molecule has 0 spiro atoms. The Balaban J connectivity index is 2.06. The molecule has 0 saturated carbocycles. The van der Waals surface area contributed by atoms with Gasteiger partial charge in [-0.3, -0.25) is 9.36 Å². The number of halogens is 2. The molecule has 0 amide bonds. The molecule has 2 aromatic heterocycles. The fourth-order valence-electron chi connectivity index (χ4n) is 2.71. The van der Waals surface area contributed by atoms with Gasteiger partial charge < -0.3 is 0 Å². The second-order valence-corrected chi connectivity index (χ2v) is 6.60. The maximum Gasteiger partial charge on any atom is 0.268 e. The van der Waals surface area contributed by atoms with Gasteiger partial charge in [-0.25, -0.2) is 13.8 Å². The summed E-state index contributed by atoms with van der Waals surface area (Å²) in [7, 11) is 0. The zero-order valence-electron chi connectivity index (χ0n) is 12.6. The number of fused-ring (bicyclic) bond motifs is 1. The van der Waals surface area contributed by atoms with Gasteiger partial charge >= 0.3 is 0 Å². The first-order chi connectivity index (χ1) is 12.1. The molecule has 0 aliphatic carbocycles. The minimum atomic E-state index is -0.475. The van der Waals surface area contributed by atoms with E-state index >= 15 is 0 Å². The smallest absolute Gasteiger partial charge is 0.268 e. The Morgan fingerprint density at radius 2 is 1.84 bits per heavy atom. The van der Waals surface area contributed by atoms with Crippen molar-refractivity contribution in [2.75, 3.05) is 0 Å². The maximum absolute atomic E-state index is 14.2. The molecule has 7 heteroatoms. The van der Waals surface area contributed by atoms with Crippen LogP contribution in [0.25, 0.3) is 27.0 Å². The minimum Gasteiger partial charge on any atom is -0.268 e. The molecule has 0 atom stereocenters. The first-order valence-corrected chi connectivity index (χ1v) is 8.63. The van der Waals surface area contributed by atoms with Crippen LogP contribution in [0.15, 0.2) is 63.9 Å². The van der Waals surface area contributed by atoms with E-state index in [1.54, 1.807) is 29.6 Å². The lowest BCUT2D eigenvalue weighted by atomic mass is 10.1. The summed E-state index contributed by atoms with van der Waals surface area (Å²) < 4.78 is 29.0. The number of hydrogen-bond donors (Lipinski definition) is 1. The molecule has 0 saturated heterocycles. The van der Waals surface area contributed by atoms with Crippen molar-refractivity contribution in [1.82, 2.24) is 9.55 Å². The van der Waals surface area contributed by atoms with E-state index in [0.29, 0.717) is 21.6 Å². The highest BCUT2D eigenvalue weighted by Gasteiger charge is 2.18. The van der Waals surface area contributed by atoms with Crippen molar-refractivity contribution in [1.29, 1.82) is 0 Å². The summed E-state index contributed by atoms with van der Waals surface area (Å²) in [6.45, 7) is 0. The van der Waals surface area contributed by atoms with Gasteiger partial charge in [0.25, 0.3) is 5.56 Å². The SMILES string of the molecule is O=c1c2c(-c3ccccc3F)csc2nc(S)n1-c1cccc(F)c1. The number of hydrogen-bond acceptors (Lipinski definition) is 4. The Hall–Kier alpha value is -2.51. The Kier molecular flexibility index (Phi) is 3.89. The van der Waals surface area contributed by atoms with Gasteiger partial charge in [0.15, 0.2) is 5.16 Å². The monoisotopic (exact) mass is 372 g/mol. The van der Waals surface area contributed by atoms with E-state index in [1.807, 2.05) is 0 Å². The first-order valence-electron chi connectivity index (χ1n) is 7.30. The van der Waals surface area contributed by atoms with Crippen LogP contribution in [0.4, 0.5) is 8.78 Å². The van der Waals surface area contributed by atoms with Crippen molar-refractivity contribution >= 4 is 34.2 Å². The highest BCUT2D eigenvalue weighted by Crippen LogP contribution is 2.33. The number of aromatic nitrogens is 2. The largest absolute Gasteiger partial charge is 0.268 e. The number of thiophene rings is 1. The van der Waals surface area contributed by atoms with Gasteiger partial charge in [0.05, 0.1) is 11.1 Å². The summed E-state index contributed by atoms with van der Waals surface area (Å²) in [5, 5.41) is 2.13. The van der Waals surface area contributed by atoms with Crippen molar-refractivity contribution in [3.63, 3.8) is 0 Å². The van der Waals surface area contributed by atoms with Crippen LogP contribution in [0.5, 0.6) is 0 Å². The van der Waals surface area contributed by atoms with Crippen LogP contribution in [0.3, 0.4) is 0 Å². The molecule has 0 aliphatic heterocycles. The highest BCUT2D eigenvalue weighted by molar-refractivity contribution is 7.80. The average molecular weight is 372 g/mol. The van der Waals surface area contributed by atoms with E-state index in [4.69, 9.17) is 0 Å². The van der Waals surface area contributed by atoms with Gasteiger partial charge in [-0.1, -0.05) is 24.3 Å². The molecule has 124 valence electrons. The number of nitrogens with zero attached hydrogens (tertiary/aromatic N) is 2. The summed E-state index contributed by atoms with van der Waals surface area (Å²) in [6, 6.07) is 11.8. The normalized spacial score (nSPS) is 11.2. The molecule has 4 aromatic rings. The molecule has 25 heavy (non-hydrogen) atoms. The van der Waals surface area contributed by atoms with Crippen LogP contribution in [0.2, 0.25) is 0 Å². The fourth-order valence-corrected chi connectivity index (χ4v) is 4.01. The van der Waals surface area contributed by atoms with Gasteiger partial charge in [0.1, 0.15) is 16.5 Å². The van der Waals surface area contributed by atoms with E-state index in [0.717, 1.165) is 0 Å². The lowest BCUT2D eigenvalue weighted by molar-refractivity contribution is 0.625. The molecule has 3 nitrogen and oxygen atoms in total. The lowest BCUT2D eigenvalue weighted by Crippen LogP contribution is -2.20. The molecule has 2 heterocycles. The third-order valence-corrected chi connectivity index (χ3v) is 4.99. The molecular weight excluding hydrogens is 362 g/mol. The van der Waals surface area contributed by atoms with Crippen molar-refractivity contribution in [2.24, 2.45) is 0 Å². The van der Waals surface area contributed by atoms with Crippen LogP contribution in [0, 0.1) is 11.6 Å². The second kappa shape index (κ2) is 6.09. The van der Waals surface area contributed by atoms with Gasteiger partial charge in [-0.2, -0.15) is 0 Å². The summed E-state index contributed by atoms with van der Waals surface area (Å²) in [5.74, 6) is -0.897. The fraction of sp³-hybridized carbons (Fsp3) is 0. The summed E-state index contributed by atoms with van der Waals surface area (Å²) >= 11 is 5.51. The molecule has 4 rings (SSSR count). The molecular formula is C18H10F2N2OS2. The Morgan fingerprint density at radius 3 is 2.60 bits per heavy atom. The lowest BCUT2D eigenvalue weighted by Gasteiger charge is -2.09. The van der Waals surface area contributed by atoms with E-state index in [-0.39, 0.29) is 10.5 Å². The standard InChI is InChI=1S/C18H10F2N2OS2/c19-10-4-3-5-11(8-10)22-17(23)15-13(9-25-16(15)21-18(22)24)12-6-1-2-7-14(12)20/h1-9H,(H,21,24). The Morgan fingerprint density at radius 1 is 1.04 bits per heavy atom. The summed E-state index contributed by atoms with van der Waals surface area (Å²) in [5.41, 5.74) is 0.689. The van der Waals surface area contributed by atoms with Crippen LogP contribution >= 0.6 is 24.0 Å². The number of thiol groups is 1.